The smallest absolute Gasteiger partial charge is 0.263 e. The van der Waals surface area contributed by atoms with Crippen molar-refractivity contribution >= 4 is 28.8 Å². The van der Waals surface area contributed by atoms with Crippen LogP contribution >= 0.6 is 11.3 Å². The second-order valence-electron chi connectivity index (χ2n) is 6.13. The molecule has 1 aromatic heterocycles. The first-order valence-corrected chi connectivity index (χ1v) is 9.36. The number of carbonyl (C=O) groups is 2. The van der Waals surface area contributed by atoms with Gasteiger partial charge in [0, 0.05) is 24.8 Å². The van der Waals surface area contributed by atoms with E-state index in [0.29, 0.717) is 35.2 Å². The Hall–Kier alpha value is -2.54. The van der Waals surface area contributed by atoms with Gasteiger partial charge in [0.2, 0.25) is 5.91 Å². The number of benzene rings is 1. The summed E-state index contributed by atoms with van der Waals surface area (Å²) in [6.07, 6.45) is 1.59. The van der Waals surface area contributed by atoms with Crippen LogP contribution in [0.4, 0.5) is 5.69 Å². The Morgan fingerprint density at radius 3 is 2.69 bits per heavy atom. The minimum Gasteiger partial charge on any atom is -0.493 e. The Balaban J connectivity index is 1.65. The van der Waals surface area contributed by atoms with Gasteiger partial charge in [-0.25, -0.2) is 0 Å². The molecule has 6 nitrogen and oxygen atoms in total. The van der Waals surface area contributed by atoms with E-state index in [0.717, 1.165) is 12.8 Å². The largest absolute Gasteiger partial charge is 0.493 e. The number of anilines is 1. The molecule has 3 rings (SSSR count). The topological polar surface area (TPSA) is 67.9 Å². The molecule has 26 heavy (non-hydrogen) atoms. The fraction of sp³-hybridized carbons (Fsp3) is 0.368. The van der Waals surface area contributed by atoms with Crippen molar-refractivity contribution in [2.75, 3.05) is 32.6 Å². The van der Waals surface area contributed by atoms with Crippen molar-refractivity contribution in [1.29, 1.82) is 0 Å². The number of methoxy groups -OCH3 is 2. The molecule has 0 aliphatic carbocycles. The number of nitrogens with one attached hydrogen (secondary N) is 1. The minimum atomic E-state index is -0.222. The van der Waals surface area contributed by atoms with Gasteiger partial charge in [0.15, 0.2) is 11.5 Å². The fourth-order valence-electron chi connectivity index (χ4n) is 3.09. The molecule has 0 saturated carbocycles. The lowest BCUT2D eigenvalue weighted by atomic mass is 9.97. The van der Waals surface area contributed by atoms with E-state index in [9.17, 15) is 9.59 Å². The Labute approximate surface area is 156 Å². The first-order valence-electron chi connectivity index (χ1n) is 8.48. The lowest BCUT2D eigenvalue weighted by Crippen LogP contribution is -2.43. The lowest BCUT2D eigenvalue weighted by molar-refractivity contribution is -0.121. The average molecular weight is 374 g/mol. The highest BCUT2D eigenvalue weighted by Crippen LogP contribution is 2.30. The molecule has 0 spiro atoms. The summed E-state index contributed by atoms with van der Waals surface area (Å²) in [6.45, 7) is 1.13. The molecule has 1 saturated heterocycles. The van der Waals surface area contributed by atoms with E-state index in [1.807, 2.05) is 17.5 Å². The molecule has 138 valence electrons. The number of likely N-dealkylation sites (tertiary alicyclic amines) is 1. The maximum absolute atomic E-state index is 12.7. The van der Waals surface area contributed by atoms with Crippen LogP contribution in [-0.4, -0.2) is 44.0 Å². The molecule has 1 atom stereocenters. The molecule has 2 aromatic rings. The number of piperidine rings is 1. The van der Waals surface area contributed by atoms with Crippen LogP contribution in [0, 0.1) is 5.92 Å². The Kier molecular flexibility index (Phi) is 5.78. The van der Waals surface area contributed by atoms with E-state index < -0.39 is 0 Å². The molecule has 1 N–H and O–H groups in total. The van der Waals surface area contributed by atoms with E-state index in [4.69, 9.17) is 9.47 Å². The van der Waals surface area contributed by atoms with Crippen molar-refractivity contribution < 1.29 is 19.1 Å². The lowest BCUT2D eigenvalue weighted by Gasteiger charge is -2.31. The number of ether oxygens (including phenoxy) is 2. The molecule has 0 bridgehead atoms. The normalized spacial score (nSPS) is 16.8. The number of thiophene rings is 1. The third-order valence-electron chi connectivity index (χ3n) is 4.46. The van der Waals surface area contributed by atoms with Crippen LogP contribution in [0.3, 0.4) is 0 Å². The molecule has 1 aromatic carbocycles. The van der Waals surface area contributed by atoms with Gasteiger partial charge in [0.05, 0.1) is 25.0 Å². The maximum Gasteiger partial charge on any atom is 0.263 e. The highest BCUT2D eigenvalue weighted by atomic mass is 32.1. The van der Waals surface area contributed by atoms with E-state index in [-0.39, 0.29) is 17.7 Å². The van der Waals surface area contributed by atoms with E-state index in [1.54, 1.807) is 37.3 Å². The number of nitrogens with zero attached hydrogens (tertiary/aromatic N) is 1. The number of amides is 2. The van der Waals surface area contributed by atoms with Gasteiger partial charge in [0.1, 0.15) is 0 Å². The molecular weight excluding hydrogens is 352 g/mol. The van der Waals surface area contributed by atoms with Crippen LogP contribution in [-0.2, 0) is 4.79 Å². The zero-order chi connectivity index (χ0) is 18.5. The third-order valence-corrected chi connectivity index (χ3v) is 5.32. The van der Waals surface area contributed by atoms with Crippen molar-refractivity contribution in [3.05, 3.63) is 40.6 Å². The maximum atomic E-state index is 12.7. The van der Waals surface area contributed by atoms with Crippen molar-refractivity contribution in [2.45, 2.75) is 12.8 Å². The quantitative estimate of drug-likeness (QED) is 0.872. The van der Waals surface area contributed by atoms with Crippen molar-refractivity contribution in [1.82, 2.24) is 4.90 Å². The van der Waals surface area contributed by atoms with Crippen LogP contribution in [0.1, 0.15) is 22.5 Å². The van der Waals surface area contributed by atoms with Crippen molar-refractivity contribution in [3.63, 3.8) is 0 Å². The van der Waals surface area contributed by atoms with Crippen LogP contribution < -0.4 is 14.8 Å². The molecule has 1 aliphatic rings. The summed E-state index contributed by atoms with van der Waals surface area (Å²) < 4.78 is 10.5. The number of hydrogen-bond acceptors (Lipinski definition) is 5. The minimum absolute atomic E-state index is 0.00335. The molecule has 1 unspecified atom stereocenters. The Morgan fingerprint density at radius 2 is 2.00 bits per heavy atom. The first-order chi connectivity index (χ1) is 12.6. The summed E-state index contributed by atoms with van der Waals surface area (Å²) >= 11 is 1.43. The molecule has 2 heterocycles. The van der Waals surface area contributed by atoms with Gasteiger partial charge in [-0.15, -0.1) is 11.3 Å². The summed E-state index contributed by atoms with van der Waals surface area (Å²) in [4.78, 5) is 27.7. The SMILES string of the molecule is COc1ccc(NC(=O)C2CCCN(C(=O)c3cccs3)C2)cc1OC. The summed E-state index contributed by atoms with van der Waals surface area (Å²) in [6, 6.07) is 8.94. The summed E-state index contributed by atoms with van der Waals surface area (Å²) in [7, 11) is 3.12. The highest BCUT2D eigenvalue weighted by molar-refractivity contribution is 7.12. The van der Waals surface area contributed by atoms with Crippen LogP contribution in [0.5, 0.6) is 11.5 Å². The molecule has 2 amide bonds. The van der Waals surface area contributed by atoms with Gasteiger partial charge in [-0.3, -0.25) is 9.59 Å². The zero-order valence-corrected chi connectivity index (χ0v) is 15.7. The zero-order valence-electron chi connectivity index (χ0n) is 14.9. The predicted octanol–water partition coefficient (Wildman–Crippen LogP) is 3.26. The molecule has 0 radical (unpaired) electrons. The summed E-state index contributed by atoms with van der Waals surface area (Å²) in [5.41, 5.74) is 0.648. The second-order valence-corrected chi connectivity index (χ2v) is 7.07. The number of carbonyl (C=O) groups excluding carboxylic acids is 2. The van der Waals surface area contributed by atoms with Crippen molar-refractivity contribution in [2.24, 2.45) is 5.92 Å². The third kappa shape index (κ3) is 3.99. The molecule has 7 heteroatoms. The average Bonchev–Trinajstić information content (AvgIpc) is 3.22. The Bertz CT molecular complexity index is 776. The van der Waals surface area contributed by atoms with Gasteiger partial charge >= 0.3 is 0 Å². The van der Waals surface area contributed by atoms with Gasteiger partial charge in [0.25, 0.3) is 5.91 Å². The number of rotatable bonds is 5. The first kappa shape index (κ1) is 18.3. The van der Waals surface area contributed by atoms with Gasteiger partial charge in [-0.05, 0) is 36.4 Å². The van der Waals surface area contributed by atoms with Crippen LogP contribution in [0.15, 0.2) is 35.7 Å². The molecular formula is C19H22N2O4S. The van der Waals surface area contributed by atoms with Gasteiger partial charge < -0.3 is 19.7 Å². The monoisotopic (exact) mass is 374 g/mol. The van der Waals surface area contributed by atoms with E-state index >= 15 is 0 Å². The van der Waals surface area contributed by atoms with E-state index in [2.05, 4.69) is 5.32 Å². The van der Waals surface area contributed by atoms with E-state index in [1.165, 1.54) is 11.3 Å². The standard InChI is InChI=1S/C19H22N2O4S/c1-24-15-8-7-14(11-16(15)25-2)20-18(22)13-5-3-9-21(12-13)19(23)17-6-4-10-26-17/h4,6-8,10-11,13H,3,5,9,12H2,1-2H3,(H,20,22). The highest BCUT2D eigenvalue weighted by Gasteiger charge is 2.29. The fourth-order valence-corrected chi connectivity index (χ4v) is 3.78. The molecule has 1 aliphatic heterocycles. The number of hydrogen-bond donors (Lipinski definition) is 1. The Morgan fingerprint density at radius 1 is 1.19 bits per heavy atom. The van der Waals surface area contributed by atoms with Crippen LogP contribution in [0.25, 0.3) is 0 Å². The van der Waals surface area contributed by atoms with Crippen LogP contribution in [0.2, 0.25) is 0 Å². The van der Waals surface area contributed by atoms with Gasteiger partial charge in [-0.1, -0.05) is 6.07 Å². The second kappa shape index (κ2) is 8.23. The summed E-state index contributed by atoms with van der Waals surface area (Å²) in [5.74, 6) is 0.865. The predicted molar refractivity (Wildman–Crippen MR) is 101 cm³/mol. The summed E-state index contributed by atoms with van der Waals surface area (Å²) in [5, 5.41) is 4.81. The van der Waals surface area contributed by atoms with Crippen molar-refractivity contribution in [3.8, 4) is 11.5 Å². The molecule has 1 fully saturated rings. The van der Waals surface area contributed by atoms with Gasteiger partial charge in [-0.2, -0.15) is 0 Å².